The molecule has 3 rings (SSSR count). The molecular weight excluding hydrogens is 447 g/mol. The predicted molar refractivity (Wildman–Crippen MR) is 115 cm³/mol. The summed E-state index contributed by atoms with van der Waals surface area (Å²) in [5.41, 5.74) is 3.54. The first kappa shape index (κ1) is 19.7. The van der Waals surface area contributed by atoms with Crippen LogP contribution >= 0.6 is 35.3 Å². The summed E-state index contributed by atoms with van der Waals surface area (Å²) in [4.78, 5) is 19.8. The van der Waals surface area contributed by atoms with Crippen LogP contribution in [-0.4, -0.2) is 32.0 Å². The lowest BCUT2D eigenvalue weighted by Gasteiger charge is -2.18. The van der Waals surface area contributed by atoms with E-state index in [9.17, 15) is 4.79 Å². The Hall–Kier alpha value is -1.61. The zero-order chi connectivity index (χ0) is 16.9. The Balaban J connectivity index is 0.00000225. The van der Waals surface area contributed by atoms with Gasteiger partial charge in [-0.2, -0.15) is 0 Å². The van der Waals surface area contributed by atoms with Gasteiger partial charge in [0.05, 0.1) is 13.1 Å². The van der Waals surface area contributed by atoms with E-state index in [0.29, 0.717) is 12.5 Å². The summed E-state index contributed by atoms with van der Waals surface area (Å²) in [6.45, 7) is 3.79. The van der Waals surface area contributed by atoms with Gasteiger partial charge in [0.15, 0.2) is 5.96 Å². The molecule has 5 nitrogen and oxygen atoms in total. The number of nitrogens with zero attached hydrogens (tertiary/aromatic N) is 2. The number of thiophene rings is 1. The summed E-state index contributed by atoms with van der Waals surface area (Å²) in [6, 6.07) is 10.2. The fourth-order valence-corrected chi connectivity index (χ4v) is 3.67. The average molecular weight is 470 g/mol. The summed E-state index contributed by atoms with van der Waals surface area (Å²) >= 11 is 1.72. The van der Waals surface area contributed by atoms with Crippen LogP contribution in [0.4, 0.5) is 5.69 Å². The number of nitrogens with one attached hydrogen (secondary N) is 2. The van der Waals surface area contributed by atoms with Gasteiger partial charge in [0, 0.05) is 24.2 Å². The van der Waals surface area contributed by atoms with Crippen LogP contribution in [0.3, 0.4) is 0 Å². The van der Waals surface area contributed by atoms with Crippen LogP contribution in [0.25, 0.3) is 0 Å². The van der Waals surface area contributed by atoms with Crippen LogP contribution in [0.1, 0.15) is 16.0 Å². The Morgan fingerprint density at radius 2 is 2.08 bits per heavy atom. The van der Waals surface area contributed by atoms with Crippen LogP contribution < -0.4 is 15.5 Å². The van der Waals surface area contributed by atoms with E-state index >= 15 is 0 Å². The minimum atomic E-state index is 0. The minimum Gasteiger partial charge on any atom is -0.352 e. The highest BCUT2D eigenvalue weighted by atomic mass is 127. The predicted octanol–water partition coefficient (Wildman–Crippen LogP) is 2.93. The molecule has 1 aliphatic heterocycles. The lowest BCUT2D eigenvalue weighted by atomic mass is 10.2. The number of anilines is 1. The quantitative estimate of drug-likeness (QED) is 0.411. The maximum Gasteiger partial charge on any atom is 0.246 e. The topological polar surface area (TPSA) is 56.7 Å². The molecule has 7 heteroatoms. The fraction of sp³-hybridized carbons (Fsp3) is 0.333. The Kier molecular flexibility index (Phi) is 7.24. The minimum absolute atomic E-state index is 0. The molecule has 0 radical (unpaired) electrons. The third-order valence-corrected chi connectivity index (χ3v) is 5.23. The number of rotatable bonds is 4. The number of aliphatic imine (C=N–C) groups is 1. The van der Waals surface area contributed by atoms with Crippen LogP contribution in [-0.2, 0) is 17.8 Å². The van der Waals surface area contributed by atoms with Crippen molar-refractivity contribution in [2.24, 2.45) is 4.99 Å². The van der Waals surface area contributed by atoms with Gasteiger partial charge < -0.3 is 15.5 Å². The van der Waals surface area contributed by atoms with Crippen molar-refractivity contribution in [3.05, 3.63) is 51.7 Å². The molecule has 0 saturated heterocycles. The number of hydrogen-bond donors (Lipinski definition) is 2. The standard InChI is InChI=1S/C18H22N4OS.HI/c1-13-8-10-24-16(13)11-20-18(19-2)21-12-17(23)22-9-7-14-5-3-4-6-15(14)22;/h3-6,8,10H,7,9,11-12H2,1-2H3,(H2,19,20,21);1H. The smallest absolute Gasteiger partial charge is 0.246 e. The number of carbonyl (C=O) groups excluding carboxylic acids is 1. The van der Waals surface area contributed by atoms with E-state index in [0.717, 1.165) is 18.7 Å². The highest BCUT2D eigenvalue weighted by Crippen LogP contribution is 2.27. The van der Waals surface area contributed by atoms with Crippen molar-refractivity contribution < 1.29 is 4.79 Å². The molecule has 0 aliphatic carbocycles. The van der Waals surface area contributed by atoms with Gasteiger partial charge in [0.1, 0.15) is 0 Å². The van der Waals surface area contributed by atoms with E-state index < -0.39 is 0 Å². The van der Waals surface area contributed by atoms with Crippen molar-refractivity contribution in [3.8, 4) is 0 Å². The number of hydrogen-bond acceptors (Lipinski definition) is 3. The third kappa shape index (κ3) is 4.72. The van der Waals surface area contributed by atoms with Crippen LogP contribution in [0.5, 0.6) is 0 Å². The van der Waals surface area contributed by atoms with E-state index in [1.165, 1.54) is 16.0 Å². The Bertz CT molecular complexity index is 759. The fourth-order valence-electron chi connectivity index (χ4n) is 2.82. The molecule has 1 aromatic heterocycles. The van der Waals surface area contributed by atoms with Gasteiger partial charge in [-0.3, -0.25) is 9.79 Å². The number of benzene rings is 1. The van der Waals surface area contributed by atoms with Crippen molar-refractivity contribution in [1.29, 1.82) is 0 Å². The van der Waals surface area contributed by atoms with Crippen molar-refractivity contribution >= 4 is 52.9 Å². The molecule has 134 valence electrons. The lowest BCUT2D eigenvalue weighted by Crippen LogP contribution is -2.44. The zero-order valence-electron chi connectivity index (χ0n) is 14.4. The van der Waals surface area contributed by atoms with Gasteiger partial charge in [-0.1, -0.05) is 18.2 Å². The first-order valence-corrected chi connectivity index (χ1v) is 8.92. The Morgan fingerprint density at radius 1 is 1.28 bits per heavy atom. The molecular formula is C18H23IN4OS. The van der Waals surface area contributed by atoms with E-state index in [1.807, 2.05) is 23.1 Å². The molecule has 1 aromatic carbocycles. The molecule has 25 heavy (non-hydrogen) atoms. The van der Waals surface area contributed by atoms with Crippen LogP contribution in [0.2, 0.25) is 0 Å². The second-order valence-corrected chi connectivity index (χ2v) is 6.73. The van der Waals surface area contributed by atoms with E-state index in [-0.39, 0.29) is 36.4 Å². The maximum absolute atomic E-state index is 12.5. The van der Waals surface area contributed by atoms with Gasteiger partial charge in [0.25, 0.3) is 0 Å². The summed E-state index contributed by atoms with van der Waals surface area (Å²) in [6.07, 6.45) is 0.923. The number of fused-ring (bicyclic) bond motifs is 1. The summed E-state index contributed by atoms with van der Waals surface area (Å²) in [5.74, 6) is 0.707. The zero-order valence-corrected chi connectivity index (χ0v) is 17.6. The molecule has 0 fully saturated rings. The van der Waals surface area contributed by atoms with E-state index in [2.05, 4.69) is 40.1 Å². The van der Waals surface area contributed by atoms with Crippen molar-refractivity contribution in [2.75, 3.05) is 25.0 Å². The second-order valence-electron chi connectivity index (χ2n) is 5.73. The van der Waals surface area contributed by atoms with E-state index in [1.54, 1.807) is 18.4 Å². The molecule has 0 spiro atoms. The van der Waals surface area contributed by atoms with Gasteiger partial charge in [0.2, 0.25) is 5.91 Å². The van der Waals surface area contributed by atoms with Gasteiger partial charge >= 0.3 is 0 Å². The molecule has 1 amide bonds. The lowest BCUT2D eigenvalue weighted by molar-refractivity contribution is -0.117. The number of aryl methyl sites for hydroxylation is 1. The summed E-state index contributed by atoms with van der Waals surface area (Å²) < 4.78 is 0. The number of halogens is 1. The first-order valence-electron chi connectivity index (χ1n) is 8.05. The third-order valence-electron chi connectivity index (χ3n) is 4.20. The van der Waals surface area contributed by atoms with Gasteiger partial charge in [-0.15, -0.1) is 35.3 Å². The molecule has 0 unspecified atom stereocenters. The average Bonchev–Trinajstić information content (AvgIpc) is 3.21. The maximum atomic E-state index is 12.5. The molecule has 1 aliphatic rings. The number of para-hydroxylation sites is 1. The monoisotopic (exact) mass is 470 g/mol. The summed E-state index contributed by atoms with van der Waals surface area (Å²) in [5, 5.41) is 8.45. The van der Waals surface area contributed by atoms with Gasteiger partial charge in [-0.25, -0.2) is 0 Å². The molecule has 2 N–H and O–H groups in total. The number of amides is 1. The number of guanidine groups is 1. The van der Waals surface area contributed by atoms with Crippen LogP contribution in [0, 0.1) is 6.92 Å². The first-order chi connectivity index (χ1) is 11.7. The largest absolute Gasteiger partial charge is 0.352 e. The molecule has 0 saturated carbocycles. The highest BCUT2D eigenvalue weighted by molar-refractivity contribution is 14.0. The van der Waals surface area contributed by atoms with Crippen molar-refractivity contribution in [1.82, 2.24) is 10.6 Å². The highest BCUT2D eigenvalue weighted by Gasteiger charge is 2.23. The normalized spacial score (nSPS) is 13.2. The second kappa shape index (κ2) is 9.19. The molecule has 2 aromatic rings. The van der Waals surface area contributed by atoms with Crippen LogP contribution in [0.15, 0.2) is 40.7 Å². The van der Waals surface area contributed by atoms with E-state index in [4.69, 9.17) is 0 Å². The van der Waals surface area contributed by atoms with Gasteiger partial charge in [-0.05, 0) is 42.0 Å². The van der Waals surface area contributed by atoms with Crippen molar-refractivity contribution in [2.45, 2.75) is 19.9 Å². The Labute approximate surface area is 169 Å². The molecule has 0 atom stereocenters. The van der Waals surface area contributed by atoms with Crippen molar-refractivity contribution in [3.63, 3.8) is 0 Å². The SMILES string of the molecule is CN=C(NCC(=O)N1CCc2ccccc21)NCc1sccc1C.I. The Morgan fingerprint density at radius 3 is 2.80 bits per heavy atom. The number of carbonyl (C=O) groups is 1. The molecule has 0 bridgehead atoms. The summed E-state index contributed by atoms with van der Waals surface area (Å²) in [7, 11) is 1.71. The molecule has 2 heterocycles.